The van der Waals surface area contributed by atoms with Crippen LogP contribution in [-0.2, 0) is 10.2 Å². The molecule has 0 heterocycles. The Morgan fingerprint density at radius 2 is 1.68 bits per heavy atom. The molecule has 0 fully saturated rings. The van der Waals surface area contributed by atoms with Gasteiger partial charge in [0.15, 0.2) is 11.4 Å². The van der Waals surface area contributed by atoms with Crippen LogP contribution in [-0.4, -0.2) is 16.5 Å². The molecular formula is C21H20O3S. The maximum Gasteiger partial charge on any atom is 0.190 e. The summed E-state index contributed by atoms with van der Waals surface area (Å²) in [5, 5.41) is 10.3. The highest BCUT2D eigenvalue weighted by Gasteiger charge is 2.20. The van der Waals surface area contributed by atoms with Gasteiger partial charge in [0.1, 0.15) is 5.75 Å². The number of phenolic OH excluding ortho intramolecular Hbond substituents is 1. The fourth-order valence-corrected chi connectivity index (χ4v) is 2.91. The van der Waals surface area contributed by atoms with Crippen LogP contribution >= 0.6 is 11.8 Å². The lowest BCUT2D eigenvalue weighted by Gasteiger charge is -2.21. The number of carbonyl (C=O) groups is 2. The van der Waals surface area contributed by atoms with E-state index in [0.717, 1.165) is 10.5 Å². The maximum absolute atomic E-state index is 11.2. The molecule has 0 saturated heterocycles. The summed E-state index contributed by atoms with van der Waals surface area (Å²) in [5.74, 6) is 6.10. The van der Waals surface area contributed by atoms with Crippen LogP contribution in [0.4, 0.5) is 0 Å². The van der Waals surface area contributed by atoms with E-state index in [0.29, 0.717) is 17.4 Å². The second-order valence-electron chi connectivity index (χ2n) is 6.70. The number of thioether (sulfide) groups is 1. The summed E-state index contributed by atoms with van der Waals surface area (Å²) in [6.45, 7) is 7.44. The monoisotopic (exact) mass is 352 g/mol. The molecule has 2 aromatic carbocycles. The van der Waals surface area contributed by atoms with Gasteiger partial charge in [0, 0.05) is 28.5 Å². The number of benzene rings is 2. The van der Waals surface area contributed by atoms with Crippen LogP contribution in [0.1, 0.15) is 54.7 Å². The average Bonchev–Trinajstić information content (AvgIpc) is 2.53. The lowest BCUT2D eigenvalue weighted by atomic mass is 9.84. The summed E-state index contributed by atoms with van der Waals surface area (Å²) in [4.78, 5) is 23.2. The fourth-order valence-electron chi connectivity index (χ4n) is 2.31. The molecule has 0 aliphatic rings. The van der Waals surface area contributed by atoms with Crippen molar-refractivity contribution in [3.05, 3.63) is 58.7 Å². The van der Waals surface area contributed by atoms with Crippen LogP contribution in [0.15, 0.2) is 41.3 Å². The quantitative estimate of drug-likeness (QED) is 0.490. The molecule has 0 spiro atoms. The predicted octanol–water partition coefficient (Wildman–Crippen LogP) is 4.54. The van der Waals surface area contributed by atoms with Crippen molar-refractivity contribution in [1.82, 2.24) is 0 Å². The molecule has 4 heteroatoms. The van der Waals surface area contributed by atoms with E-state index in [9.17, 15) is 14.7 Å². The Hall–Kier alpha value is -2.51. The molecule has 0 aliphatic heterocycles. The Labute approximate surface area is 152 Å². The van der Waals surface area contributed by atoms with Crippen molar-refractivity contribution in [2.45, 2.75) is 38.0 Å². The third-order valence-corrected chi connectivity index (χ3v) is 4.34. The van der Waals surface area contributed by atoms with Gasteiger partial charge in [-0.15, -0.1) is 0 Å². The van der Waals surface area contributed by atoms with E-state index in [4.69, 9.17) is 0 Å². The van der Waals surface area contributed by atoms with E-state index in [1.807, 2.05) is 51.1 Å². The van der Waals surface area contributed by atoms with Crippen molar-refractivity contribution in [1.29, 1.82) is 0 Å². The minimum Gasteiger partial charge on any atom is -0.507 e. The van der Waals surface area contributed by atoms with Crippen molar-refractivity contribution in [2.24, 2.45) is 0 Å². The standard InChI is InChI=1S/C21H20O3S/c1-14(23)25-18-9-7-15(8-10-18)5-6-16-11-17(13-22)20(24)19(12-16)21(2,3)4/h7-13,24H,1-4H3. The van der Waals surface area contributed by atoms with Crippen molar-refractivity contribution in [3.63, 3.8) is 0 Å². The summed E-state index contributed by atoms with van der Waals surface area (Å²) in [5.41, 5.74) is 2.11. The summed E-state index contributed by atoms with van der Waals surface area (Å²) in [6, 6.07) is 10.8. The lowest BCUT2D eigenvalue weighted by Crippen LogP contribution is -2.12. The maximum atomic E-state index is 11.2. The van der Waals surface area contributed by atoms with Gasteiger partial charge >= 0.3 is 0 Å². The van der Waals surface area contributed by atoms with Gasteiger partial charge in [-0.25, -0.2) is 0 Å². The second-order valence-corrected chi connectivity index (χ2v) is 7.95. The van der Waals surface area contributed by atoms with E-state index in [1.165, 1.54) is 18.7 Å². The summed E-state index contributed by atoms with van der Waals surface area (Å²) < 4.78 is 0. The second kappa shape index (κ2) is 7.58. The molecule has 3 nitrogen and oxygen atoms in total. The number of carbonyl (C=O) groups excluding carboxylic acids is 2. The molecule has 0 atom stereocenters. The van der Waals surface area contributed by atoms with Crippen LogP contribution < -0.4 is 0 Å². The van der Waals surface area contributed by atoms with Gasteiger partial charge in [0.2, 0.25) is 0 Å². The number of aromatic hydroxyl groups is 1. The van der Waals surface area contributed by atoms with Crippen LogP contribution in [0.25, 0.3) is 0 Å². The molecule has 0 saturated carbocycles. The number of hydrogen-bond donors (Lipinski definition) is 1. The van der Waals surface area contributed by atoms with Crippen LogP contribution in [0, 0.1) is 11.8 Å². The molecule has 0 bridgehead atoms. The average molecular weight is 352 g/mol. The number of aldehydes is 1. The third-order valence-electron chi connectivity index (χ3n) is 3.54. The van der Waals surface area contributed by atoms with E-state index in [2.05, 4.69) is 11.8 Å². The first-order valence-corrected chi connectivity index (χ1v) is 8.65. The van der Waals surface area contributed by atoms with Gasteiger partial charge in [-0.1, -0.05) is 44.4 Å². The van der Waals surface area contributed by atoms with E-state index >= 15 is 0 Å². The van der Waals surface area contributed by atoms with Gasteiger partial charge in [-0.3, -0.25) is 9.59 Å². The lowest BCUT2D eigenvalue weighted by molar-refractivity contribution is -0.109. The fraction of sp³-hybridized carbons (Fsp3) is 0.238. The Morgan fingerprint density at radius 1 is 1.08 bits per heavy atom. The topological polar surface area (TPSA) is 54.4 Å². The first-order valence-electron chi connectivity index (χ1n) is 7.84. The van der Waals surface area contributed by atoms with Gasteiger partial charge in [-0.2, -0.15) is 0 Å². The largest absolute Gasteiger partial charge is 0.507 e. The first kappa shape index (κ1) is 18.8. The normalized spacial score (nSPS) is 10.7. The molecular weight excluding hydrogens is 332 g/mol. The van der Waals surface area contributed by atoms with Crippen LogP contribution in [0.2, 0.25) is 0 Å². The smallest absolute Gasteiger partial charge is 0.190 e. The molecule has 128 valence electrons. The van der Waals surface area contributed by atoms with Crippen molar-refractivity contribution >= 4 is 23.2 Å². The summed E-state index contributed by atoms with van der Waals surface area (Å²) in [7, 11) is 0. The predicted molar refractivity (Wildman–Crippen MR) is 101 cm³/mol. The molecule has 25 heavy (non-hydrogen) atoms. The third kappa shape index (κ3) is 4.98. The van der Waals surface area contributed by atoms with Gasteiger partial charge < -0.3 is 5.11 Å². The molecule has 0 radical (unpaired) electrons. The zero-order chi connectivity index (χ0) is 18.6. The van der Waals surface area contributed by atoms with Gasteiger partial charge in [0.25, 0.3) is 0 Å². The van der Waals surface area contributed by atoms with E-state index in [-0.39, 0.29) is 21.8 Å². The zero-order valence-corrected chi connectivity index (χ0v) is 15.5. The Balaban J connectivity index is 2.36. The van der Waals surface area contributed by atoms with Crippen LogP contribution in [0.3, 0.4) is 0 Å². The molecule has 0 amide bonds. The SMILES string of the molecule is CC(=O)Sc1ccc(C#Cc2cc(C=O)c(O)c(C(C)(C)C)c2)cc1. The molecule has 1 N–H and O–H groups in total. The molecule has 0 aromatic heterocycles. The molecule has 2 aromatic rings. The number of rotatable bonds is 2. The zero-order valence-electron chi connectivity index (χ0n) is 14.7. The van der Waals surface area contributed by atoms with Crippen molar-refractivity contribution < 1.29 is 14.7 Å². The Kier molecular flexibility index (Phi) is 5.71. The minimum absolute atomic E-state index is 0.0126. The first-order chi connectivity index (χ1) is 11.7. The van der Waals surface area contributed by atoms with Gasteiger partial charge in [0.05, 0.1) is 5.56 Å². The Bertz CT molecular complexity index is 863. The van der Waals surface area contributed by atoms with Gasteiger partial charge in [-0.05, 0) is 41.8 Å². The highest BCUT2D eigenvalue weighted by Crippen LogP contribution is 2.33. The van der Waals surface area contributed by atoms with Crippen molar-refractivity contribution in [3.8, 4) is 17.6 Å². The molecule has 2 rings (SSSR count). The highest BCUT2D eigenvalue weighted by molar-refractivity contribution is 8.13. The van der Waals surface area contributed by atoms with Crippen LogP contribution in [0.5, 0.6) is 5.75 Å². The summed E-state index contributed by atoms with van der Waals surface area (Å²) >= 11 is 1.18. The number of hydrogen-bond acceptors (Lipinski definition) is 4. The Morgan fingerprint density at radius 3 is 2.20 bits per heavy atom. The summed E-state index contributed by atoms with van der Waals surface area (Å²) in [6.07, 6.45) is 0.642. The van der Waals surface area contributed by atoms with E-state index in [1.54, 1.807) is 6.07 Å². The highest BCUT2D eigenvalue weighted by atomic mass is 32.2. The molecule has 0 unspecified atom stereocenters. The molecule has 0 aliphatic carbocycles. The van der Waals surface area contributed by atoms with E-state index < -0.39 is 0 Å². The number of phenols is 1. The minimum atomic E-state index is -0.301. The van der Waals surface area contributed by atoms with Crippen molar-refractivity contribution in [2.75, 3.05) is 0 Å².